The number of amides is 1. The maximum atomic E-state index is 12.4. The van der Waals surface area contributed by atoms with Gasteiger partial charge >= 0.3 is 5.97 Å². The van der Waals surface area contributed by atoms with Gasteiger partial charge in [0.2, 0.25) is 0 Å². The summed E-state index contributed by atoms with van der Waals surface area (Å²) in [5.74, 6) is -0.601. The molecule has 3 rings (SSSR count). The van der Waals surface area contributed by atoms with Gasteiger partial charge in [-0.2, -0.15) is 0 Å². The Morgan fingerprint density at radius 1 is 1.11 bits per heavy atom. The molecule has 0 spiro atoms. The number of esters is 1. The van der Waals surface area contributed by atoms with E-state index in [1.54, 1.807) is 24.3 Å². The van der Waals surface area contributed by atoms with Gasteiger partial charge in [0.05, 0.1) is 17.0 Å². The zero-order chi connectivity index (χ0) is 19.9. The minimum absolute atomic E-state index is 0.195. The van der Waals surface area contributed by atoms with E-state index in [4.69, 9.17) is 17.0 Å². The number of hydrogen-bond donors (Lipinski definition) is 2. The van der Waals surface area contributed by atoms with Crippen LogP contribution in [0.25, 0.3) is 10.1 Å². The van der Waals surface area contributed by atoms with Crippen LogP contribution < -0.4 is 10.6 Å². The third-order valence-corrected chi connectivity index (χ3v) is 5.30. The highest BCUT2D eigenvalue weighted by Crippen LogP contribution is 2.25. The molecule has 7 heteroatoms. The summed E-state index contributed by atoms with van der Waals surface area (Å²) in [4.78, 5) is 24.9. The number of benzene rings is 2. The lowest BCUT2D eigenvalue weighted by Gasteiger charge is -2.09. The lowest BCUT2D eigenvalue weighted by molar-refractivity contribution is 0.0499. The molecular formula is C21H20N2O3S2. The first-order chi connectivity index (χ1) is 13.6. The lowest BCUT2D eigenvalue weighted by atomic mass is 10.2. The predicted octanol–water partition coefficient (Wildman–Crippen LogP) is 4.99. The van der Waals surface area contributed by atoms with Gasteiger partial charge in [-0.15, -0.1) is 11.3 Å². The standard InChI is InChI=1S/C21H20N2O3S2/c1-2-3-12-26-20(25)14-8-10-16(11-9-14)22-21(27)23-19(24)18-13-15-6-4-5-7-17(15)28-18/h4-11,13H,2-3,12H2,1H3,(H2,22,23,24,27). The average Bonchev–Trinajstić information content (AvgIpc) is 3.13. The summed E-state index contributed by atoms with van der Waals surface area (Å²) in [6.07, 6.45) is 1.82. The lowest BCUT2D eigenvalue weighted by Crippen LogP contribution is -2.33. The van der Waals surface area contributed by atoms with Crippen molar-refractivity contribution < 1.29 is 14.3 Å². The zero-order valence-corrected chi connectivity index (χ0v) is 17.0. The van der Waals surface area contributed by atoms with Crippen molar-refractivity contribution in [2.75, 3.05) is 11.9 Å². The van der Waals surface area contributed by atoms with E-state index >= 15 is 0 Å². The number of unbranched alkanes of at least 4 members (excludes halogenated alkanes) is 1. The molecular weight excluding hydrogens is 392 g/mol. The molecule has 0 atom stereocenters. The number of fused-ring (bicyclic) bond motifs is 1. The fourth-order valence-electron chi connectivity index (χ4n) is 2.50. The van der Waals surface area contributed by atoms with Gasteiger partial charge in [-0.05, 0) is 60.4 Å². The second-order valence-electron chi connectivity index (χ2n) is 6.12. The number of carbonyl (C=O) groups is 2. The summed E-state index contributed by atoms with van der Waals surface area (Å²) in [5.41, 5.74) is 1.15. The largest absolute Gasteiger partial charge is 0.462 e. The van der Waals surface area contributed by atoms with E-state index < -0.39 is 0 Å². The van der Waals surface area contributed by atoms with Crippen molar-refractivity contribution in [1.29, 1.82) is 0 Å². The van der Waals surface area contributed by atoms with E-state index in [0.29, 0.717) is 22.7 Å². The Kier molecular flexibility index (Phi) is 6.73. The van der Waals surface area contributed by atoms with Crippen molar-refractivity contribution in [3.05, 3.63) is 65.0 Å². The topological polar surface area (TPSA) is 67.4 Å². The van der Waals surface area contributed by atoms with Crippen LogP contribution in [0.3, 0.4) is 0 Å². The predicted molar refractivity (Wildman–Crippen MR) is 117 cm³/mol. The summed E-state index contributed by atoms with van der Waals surface area (Å²) in [5, 5.41) is 6.85. The Morgan fingerprint density at radius 2 is 1.86 bits per heavy atom. The Morgan fingerprint density at radius 3 is 2.57 bits per heavy atom. The second kappa shape index (κ2) is 9.43. The van der Waals surface area contributed by atoms with E-state index in [1.165, 1.54) is 11.3 Å². The van der Waals surface area contributed by atoms with Gasteiger partial charge in [0.15, 0.2) is 5.11 Å². The molecule has 0 unspecified atom stereocenters. The third kappa shape index (κ3) is 5.15. The first kappa shape index (κ1) is 20.0. The van der Waals surface area contributed by atoms with Crippen molar-refractivity contribution in [1.82, 2.24) is 5.32 Å². The van der Waals surface area contributed by atoms with Crippen LogP contribution >= 0.6 is 23.6 Å². The van der Waals surface area contributed by atoms with Crippen LogP contribution in [0.4, 0.5) is 5.69 Å². The number of nitrogens with one attached hydrogen (secondary N) is 2. The molecule has 0 aliphatic heterocycles. The SMILES string of the molecule is CCCCOC(=O)c1ccc(NC(=S)NC(=O)c2cc3ccccc3s2)cc1. The molecule has 3 aromatic rings. The molecule has 0 aliphatic carbocycles. The smallest absolute Gasteiger partial charge is 0.338 e. The molecule has 1 aromatic heterocycles. The molecule has 0 radical (unpaired) electrons. The molecule has 0 aliphatic rings. The summed E-state index contributed by atoms with van der Waals surface area (Å²) in [6, 6.07) is 16.4. The van der Waals surface area contributed by atoms with Crippen LogP contribution in [0.5, 0.6) is 0 Å². The van der Waals surface area contributed by atoms with E-state index in [0.717, 1.165) is 22.9 Å². The molecule has 2 aromatic carbocycles. The molecule has 0 bridgehead atoms. The number of carbonyl (C=O) groups excluding carboxylic acids is 2. The van der Waals surface area contributed by atoms with Gasteiger partial charge in [0, 0.05) is 10.4 Å². The van der Waals surface area contributed by atoms with Crippen molar-refractivity contribution in [3.8, 4) is 0 Å². The van der Waals surface area contributed by atoms with E-state index in [-0.39, 0.29) is 17.0 Å². The number of thiocarbonyl (C=S) groups is 1. The van der Waals surface area contributed by atoms with Crippen LogP contribution in [-0.2, 0) is 4.74 Å². The fraction of sp³-hybridized carbons (Fsp3) is 0.190. The van der Waals surface area contributed by atoms with Crippen LogP contribution in [-0.4, -0.2) is 23.6 Å². The molecule has 1 amide bonds. The van der Waals surface area contributed by atoms with E-state index in [1.807, 2.05) is 37.3 Å². The van der Waals surface area contributed by atoms with Crippen molar-refractivity contribution in [3.63, 3.8) is 0 Å². The average molecular weight is 413 g/mol. The van der Waals surface area contributed by atoms with Gasteiger partial charge < -0.3 is 10.1 Å². The zero-order valence-electron chi connectivity index (χ0n) is 15.4. The fourth-order valence-corrected chi connectivity index (χ4v) is 3.67. The normalized spacial score (nSPS) is 10.5. The van der Waals surface area contributed by atoms with Crippen molar-refractivity contribution in [2.45, 2.75) is 19.8 Å². The highest BCUT2D eigenvalue weighted by atomic mass is 32.1. The summed E-state index contributed by atoms with van der Waals surface area (Å²) >= 11 is 6.63. The molecule has 2 N–H and O–H groups in total. The van der Waals surface area contributed by atoms with Gasteiger partial charge in [0.25, 0.3) is 5.91 Å². The van der Waals surface area contributed by atoms with Crippen LogP contribution in [0.2, 0.25) is 0 Å². The Labute approximate surface area is 172 Å². The van der Waals surface area contributed by atoms with Crippen molar-refractivity contribution in [2.24, 2.45) is 0 Å². The maximum Gasteiger partial charge on any atom is 0.338 e. The number of anilines is 1. The Balaban J connectivity index is 1.55. The first-order valence-corrected chi connectivity index (χ1v) is 10.2. The van der Waals surface area contributed by atoms with Gasteiger partial charge in [-0.1, -0.05) is 31.5 Å². The highest BCUT2D eigenvalue weighted by Gasteiger charge is 2.12. The van der Waals surface area contributed by atoms with E-state index in [2.05, 4.69) is 10.6 Å². The minimum Gasteiger partial charge on any atom is -0.462 e. The van der Waals surface area contributed by atoms with Gasteiger partial charge in [0.1, 0.15) is 0 Å². The second-order valence-corrected chi connectivity index (χ2v) is 7.62. The molecule has 0 saturated carbocycles. The number of hydrogen-bond acceptors (Lipinski definition) is 5. The van der Waals surface area contributed by atoms with Crippen molar-refractivity contribution >= 4 is 56.3 Å². The Hall–Kier alpha value is -2.77. The molecule has 1 heterocycles. The van der Waals surface area contributed by atoms with Gasteiger partial charge in [-0.3, -0.25) is 10.1 Å². The monoisotopic (exact) mass is 412 g/mol. The summed E-state index contributed by atoms with van der Waals surface area (Å²) in [6.45, 7) is 2.46. The van der Waals surface area contributed by atoms with Gasteiger partial charge in [-0.25, -0.2) is 4.79 Å². The maximum absolute atomic E-state index is 12.4. The first-order valence-electron chi connectivity index (χ1n) is 8.95. The molecule has 144 valence electrons. The molecule has 0 saturated heterocycles. The molecule has 5 nitrogen and oxygen atoms in total. The summed E-state index contributed by atoms with van der Waals surface area (Å²) in [7, 11) is 0. The van der Waals surface area contributed by atoms with Crippen LogP contribution in [0.15, 0.2) is 54.6 Å². The Bertz CT molecular complexity index is 963. The third-order valence-electron chi connectivity index (χ3n) is 3.99. The van der Waals surface area contributed by atoms with Crippen LogP contribution in [0.1, 0.15) is 39.8 Å². The summed E-state index contributed by atoms with van der Waals surface area (Å²) < 4.78 is 6.22. The highest BCUT2D eigenvalue weighted by molar-refractivity contribution is 7.80. The minimum atomic E-state index is -0.347. The quantitative estimate of drug-likeness (QED) is 0.339. The number of ether oxygens (including phenoxy) is 1. The van der Waals surface area contributed by atoms with Crippen LogP contribution in [0, 0.1) is 0 Å². The molecule has 28 heavy (non-hydrogen) atoms. The van der Waals surface area contributed by atoms with E-state index in [9.17, 15) is 9.59 Å². The number of rotatable bonds is 6. The molecule has 0 fully saturated rings. The number of thiophene rings is 1.